The average molecular weight is 227 g/mol. The highest BCUT2D eigenvalue weighted by molar-refractivity contribution is 5.76. The molecule has 0 spiro atoms. The molecule has 1 rings (SSSR count). The van der Waals surface area contributed by atoms with Crippen molar-refractivity contribution in [1.29, 1.82) is 0 Å². The maximum atomic E-state index is 11.7. The molecular weight excluding hydrogens is 210 g/mol. The molecule has 0 bridgehead atoms. The molecule has 6 nitrogen and oxygen atoms in total. The molecule has 1 amide bonds. The number of aliphatic hydroxyl groups is 2. The normalized spacial score (nSPS) is 10.4. The van der Waals surface area contributed by atoms with Crippen molar-refractivity contribution in [2.45, 2.75) is 13.0 Å². The first-order valence-corrected chi connectivity index (χ1v) is 5.23. The SMILES string of the molecule is O=C(CCn1ccnc1)N(CCO)CCO. The van der Waals surface area contributed by atoms with Crippen molar-refractivity contribution in [2.75, 3.05) is 26.3 Å². The quantitative estimate of drug-likeness (QED) is 0.632. The fourth-order valence-corrected chi connectivity index (χ4v) is 1.40. The predicted octanol–water partition coefficient (Wildman–Crippen LogP) is -0.914. The highest BCUT2D eigenvalue weighted by Gasteiger charge is 2.11. The van der Waals surface area contributed by atoms with E-state index >= 15 is 0 Å². The second-order valence-corrected chi connectivity index (χ2v) is 3.38. The van der Waals surface area contributed by atoms with Crippen LogP contribution in [0.25, 0.3) is 0 Å². The van der Waals surface area contributed by atoms with Crippen LogP contribution in [0, 0.1) is 0 Å². The lowest BCUT2D eigenvalue weighted by molar-refractivity contribution is -0.132. The van der Waals surface area contributed by atoms with Crippen molar-refractivity contribution < 1.29 is 15.0 Å². The van der Waals surface area contributed by atoms with Gasteiger partial charge < -0.3 is 19.7 Å². The summed E-state index contributed by atoms with van der Waals surface area (Å²) in [4.78, 5) is 17.0. The molecule has 1 heterocycles. The number of amides is 1. The number of carbonyl (C=O) groups is 1. The zero-order valence-electron chi connectivity index (χ0n) is 9.12. The number of rotatable bonds is 7. The van der Waals surface area contributed by atoms with Crippen molar-refractivity contribution in [3.8, 4) is 0 Å². The second kappa shape index (κ2) is 6.97. The van der Waals surface area contributed by atoms with Crippen LogP contribution < -0.4 is 0 Å². The largest absolute Gasteiger partial charge is 0.395 e. The molecule has 0 aliphatic rings. The highest BCUT2D eigenvalue weighted by Crippen LogP contribution is 1.97. The summed E-state index contributed by atoms with van der Waals surface area (Å²) >= 11 is 0. The zero-order valence-corrected chi connectivity index (χ0v) is 9.12. The summed E-state index contributed by atoms with van der Waals surface area (Å²) in [6.07, 6.45) is 5.44. The Morgan fingerprint density at radius 2 is 2.00 bits per heavy atom. The van der Waals surface area contributed by atoms with Gasteiger partial charge in [-0.2, -0.15) is 0 Å². The number of aromatic nitrogens is 2. The summed E-state index contributed by atoms with van der Waals surface area (Å²) in [5, 5.41) is 17.5. The first kappa shape index (κ1) is 12.7. The van der Waals surface area contributed by atoms with E-state index in [1.165, 1.54) is 4.90 Å². The average Bonchev–Trinajstić information content (AvgIpc) is 2.78. The van der Waals surface area contributed by atoms with Gasteiger partial charge >= 0.3 is 0 Å². The minimum atomic E-state index is -0.0865. The minimum Gasteiger partial charge on any atom is -0.395 e. The van der Waals surface area contributed by atoms with Crippen LogP contribution in [0.4, 0.5) is 0 Å². The second-order valence-electron chi connectivity index (χ2n) is 3.38. The first-order chi connectivity index (χ1) is 7.77. The zero-order chi connectivity index (χ0) is 11.8. The molecule has 0 unspecified atom stereocenters. The molecule has 90 valence electrons. The third-order valence-electron chi connectivity index (χ3n) is 2.24. The minimum absolute atomic E-state index is 0.0724. The molecular formula is C10H17N3O3. The fraction of sp³-hybridized carbons (Fsp3) is 0.600. The van der Waals surface area contributed by atoms with E-state index in [0.29, 0.717) is 13.0 Å². The molecule has 16 heavy (non-hydrogen) atoms. The smallest absolute Gasteiger partial charge is 0.224 e. The Kier molecular flexibility index (Phi) is 5.52. The van der Waals surface area contributed by atoms with Gasteiger partial charge in [-0.3, -0.25) is 4.79 Å². The molecule has 6 heteroatoms. The summed E-state index contributed by atoms with van der Waals surface area (Å²) in [5.41, 5.74) is 0. The number of carbonyl (C=O) groups excluding carboxylic acids is 1. The van der Waals surface area contributed by atoms with Gasteiger partial charge in [-0.25, -0.2) is 4.98 Å². The van der Waals surface area contributed by atoms with Gasteiger partial charge in [0.2, 0.25) is 5.91 Å². The third kappa shape index (κ3) is 4.00. The summed E-state index contributed by atoms with van der Waals surface area (Å²) in [6.45, 7) is 0.923. The van der Waals surface area contributed by atoms with Gasteiger partial charge in [-0.05, 0) is 0 Å². The molecule has 0 saturated heterocycles. The topological polar surface area (TPSA) is 78.6 Å². The van der Waals surface area contributed by atoms with Gasteiger partial charge in [0.15, 0.2) is 0 Å². The molecule has 0 radical (unpaired) electrons. The number of hydrogen-bond acceptors (Lipinski definition) is 4. The Balaban J connectivity index is 2.36. The lowest BCUT2D eigenvalue weighted by atomic mass is 10.3. The van der Waals surface area contributed by atoms with Gasteiger partial charge in [0.1, 0.15) is 0 Å². The van der Waals surface area contributed by atoms with Crippen LogP contribution in [0.1, 0.15) is 6.42 Å². The Bertz CT molecular complexity index is 294. The molecule has 0 fully saturated rings. The van der Waals surface area contributed by atoms with E-state index in [2.05, 4.69) is 4.98 Å². The first-order valence-electron chi connectivity index (χ1n) is 5.23. The Morgan fingerprint density at radius 3 is 2.50 bits per heavy atom. The van der Waals surface area contributed by atoms with Gasteiger partial charge in [0, 0.05) is 38.4 Å². The number of nitrogens with zero attached hydrogens (tertiary/aromatic N) is 3. The monoisotopic (exact) mass is 227 g/mol. The van der Waals surface area contributed by atoms with Gasteiger partial charge in [-0.15, -0.1) is 0 Å². The third-order valence-corrected chi connectivity index (χ3v) is 2.24. The van der Waals surface area contributed by atoms with Gasteiger partial charge in [0.25, 0.3) is 0 Å². The van der Waals surface area contributed by atoms with Crippen molar-refractivity contribution in [3.63, 3.8) is 0 Å². The van der Waals surface area contributed by atoms with Crippen molar-refractivity contribution in [2.24, 2.45) is 0 Å². The van der Waals surface area contributed by atoms with Crippen LogP contribution in [0.3, 0.4) is 0 Å². The van der Waals surface area contributed by atoms with Gasteiger partial charge in [-0.1, -0.05) is 0 Å². The fourth-order valence-electron chi connectivity index (χ4n) is 1.40. The van der Waals surface area contributed by atoms with Crippen LogP contribution >= 0.6 is 0 Å². The van der Waals surface area contributed by atoms with Crippen LogP contribution in [0.5, 0.6) is 0 Å². The van der Waals surface area contributed by atoms with E-state index in [1.54, 1.807) is 18.7 Å². The number of hydrogen-bond donors (Lipinski definition) is 2. The Labute approximate surface area is 94.1 Å². The molecule has 1 aromatic heterocycles. The molecule has 0 saturated carbocycles. The van der Waals surface area contributed by atoms with E-state index in [0.717, 1.165) is 0 Å². The van der Waals surface area contributed by atoms with E-state index in [1.807, 2.05) is 4.57 Å². The van der Waals surface area contributed by atoms with E-state index in [9.17, 15) is 4.79 Å². The summed E-state index contributed by atoms with van der Waals surface area (Å²) < 4.78 is 1.81. The van der Waals surface area contributed by atoms with Crippen molar-refractivity contribution in [1.82, 2.24) is 14.5 Å². The molecule has 0 atom stereocenters. The number of aryl methyl sites for hydroxylation is 1. The van der Waals surface area contributed by atoms with Crippen LogP contribution in [-0.4, -0.2) is 56.9 Å². The lowest BCUT2D eigenvalue weighted by Crippen LogP contribution is -2.36. The molecule has 0 aromatic carbocycles. The summed E-state index contributed by atoms with van der Waals surface area (Å²) in [5.74, 6) is -0.0724. The maximum Gasteiger partial charge on any atom is 0.224 e. The van der Waals surface area contributed by atoms with Crippen molar-refractivity contribution >= 4 is 5.91 Å². The molecule has 0 aliphatic carbocycles. The van der Waals surface area contributed by atoms with Crippen LogP contribution in [-0.2, 0) is 11.3 Å². The standard InChI is InChI=1S/C10H17N3O3/c14-7-5-13(6-8-15)10(16)1-3-12-4-2-11-9-12/h2,4,9,14-15H,1,3,5-8H2. The lowest BCUT2D eigenvalue weighted by Gasteiger charge is -2.20. The highest BCUT2D eigenvalue weighted by atomic mass is 16.3. The summed E-state index contributed by atoms with van der Waals surface area (Å²) in [6, 6.07) is 0. The van der Waals surface area contributed by atoms with E-state index in [4.69, 9.17) is 10.2 Å². The van der Waals surface area contributed by atoms with E-state index in [-0.39, 0.29) is 32.2 Å². The number of imidazole rings is 1. The number of aliphatic hydroxyl groups excluding tert-OH is 2. The van der Waals surface area contributed by atoms with Crippen molar-refractivity contribution in [3.05, 3.63) is 18.7 Å². The molecule has 0 aliphatic heterocycles. The Morgan fingerprint density at radius 1 is 1.31 bits per heavy atom. The molecule has 1 aromatic rings. The van der Waals surface area contributed by atoms with Crippen LogP contribution in [0.2, 0.25) is 0 Å². The molecule has 2 N–H and O–H groups in total. The van der Waals surface area contributed by atoms with Crippen LogP contribution in [0.15, 0.2) is 18.7 Å². The maximum absolute atomic E-state index is 11.7. The Hall–Kier alpha value is -1.40. The predicted molar refractivity (Wildman–Crippen MR) is 57.6 cm³/mol. The summed E-state index contributed by atoms with van der Waals surface area (Å²) in [7, 11) is 0. The van der Waals surface area contributed by atoms with E-state index < -0.39 is 0 Å². The van der Waals surface area contributed by atoms with Gasteiger partial charge in [0.05, 0.1) is 19.5 Å².